The van der Waals surface area contributed by atoms with Crippen LogP contribution in [-0.2, 0) is 0 Å². The Morgan fingerprint density at radius 1 is 1.50 bits per heavy atom. The Kier molecular flexibility index (Phi) is 4.07. The highest BCUT2D eigenvalue weighted by molar-refractivity contribution is 5.46. The van der Waals surface area contributed by atoms with Crippen LogP contribution in [0, 0.1) is 0 Å². The molecule has 0 aliphatic rings. The molecule has 1 rings (SSSR count). The molecule has 0 saturated carbocycles. The molecule has 0 spiro atoms. The lowest BCUT2D eigenvalue weighted by Crippen LogP contribution is -2.19. The normalized spacial score (nSPS) is 13.3. The van der Waals surface area contributed by atoms with Crippen molar-refractivity contribution in [3.63, 3.8) is 0 Å². The van der Waals surface area contributed by atoms with Crippen molar-refractivity contribution in [1.29, 1.82) is 0 Å². The molecule has 1 aromatic rings. The van der Waals surface area contributed by atoms with E-state index in [1.807, 2.05) is 13.1 Å². The summed E-state index contributed by atoms with van der Waals surface area (Å²) >= 11 is 0. The van der Waals surface area contributed by atoms with Gasteiger partial charge in [-0.2, -0.15) is 0 Å². The van der Waals surface area contributed by atoms with Crippen molar-refractivity contribution >= 4 is 6.08 Å². The number of aromatic hydroxyl groups is 1. The maximum atomic E-state index is 8.85. The minimum absolute atomic E-state index is 0.189. The molecule has 1 aromatic heterocycles. The Balaban J connectivity index is 2.48. The summed E-state index contributed by atoms with van der Waals surface area (Å²) in [6, 6.07) is 0.273. The minimum atomic E-state index is -0.189. The van der Waals surface area contributed by atoms with Crippen LogP contribution in [0.4, 0.5) is 0 Å². The zero-order chi connectivity index (χ0) is 10.4. The maximum absolute atomic E-state index is 8.85. The molecule has 0 radical (unpaired) electrons. The summed E-state index contributed by atoms with van der Waals surface area (Å²) in [4.78, 5) is 7.35. The molecule has 76 valence electrons. The van der Waals surface area contributed by atoms with Crippen LogP contribution in [0.2, 0.25) is 0 Å². The molecule has 1 unspecified atom stereocenters. The largest absolute Gasteiger partial charge is 0.479 e. The number of aromatic nitrogens is 2. The average Bonchev–Trinajstić information content (AvgIpc) is 2.21. The first-order valence-corrected chi connectivity index (χ1v) is 4.57. The first kappa shape index (κ1) is 10.7. The molecular weight excluding hydrogens is 178 g/mol. The van der Waals surface area contributed by atoms with Gasteiger partial charge in [-0.1, -0.05) is 12.2 Å². The topological polar surface area (TPSA) is 58.0 Å². The van der Waals surface area contributed by atoms with Gasteiger partial charge in [0, 0.05) is 24.0 Å². The Morgan fingerprint density at radius 3 is 2.71 bits per heavy atom. The molecule has 0 bridgehead atoms. The standard InChI is InChI=1S/C10H15N3O/c1-8(11-2)4-3-5-9-6-12-10(14)13-7-9/h3,5-8,11H,4H2,1-2H3,(H,12,13,14). The van der Waals surface area contributed by atoms with Crippen LogP contribution in [0.1, 0.15) is 18.9 Å². The number of nitrogens with zero attached hydrogens (tertiary/aromatic N) is 2. The van der Waals surface area contributed by atoms with Crippen LogP contribution in [0.15, 0.2) is 18.5 Å². The Bertz CT molecular complexity index is 295. The molecule has 0 aliphatic heterocycles. The SMILES string of the molecule is CNC(C)CC=Cc1cnc(O)nc1. The molecule has 1 atom stereocenters. The minimum Gasteiger partial charge on any atom is -0.479 e. The maximum Gasteiger partial charge on any atom is 0.313 e. The van der Waals surface area contributed by atoms with Crippen molar-refractivity contribution < 1.29 is 5.11 Å². The quantitative estimate of drug-likeness (QED) is 0.754. The summed E-state index contributed by atoms with van der Waals surface area (Å²) in [5, 5.41) is 12.0. The first-order valence-electron chi connectivity index (χ1n) is 4.57. The van der Waals surface area contributed by atoms with Crippen LogP contribution in [0.3, 0.4) is 0 Å². The van der Waals surface area contributed by atoms with E-state index >= 15 is 0 Å². The van der Waals surface area contributed by atoms with Crippen molar-refractivity contribution in [3.8, 4) is 6.01 Å². The van der Waals surface area contributed by atoms with Gasteiger partial charge < -0.3 is 10.4 Å². The van der Waals surface area contributed by atoms with E-state index in [4.69, 9.17) is 5.11 Å². The molecule has 4 nitrogen and oxygen atoms in total. The summed E-state index contributed by atoms with van der Waals surface area (Å²) in [5.74, 6) is 0. The summed E-state index contributed by atoms with van der Waals surface area (Å²) in [6.45, 7) is 2.11. The predicted molar refractivity (Wildman–Crippen MR) is 55.9 cm³/mol. The second kappa shape index (κ2) is 5.34. The van der Waals surface area contributed by atoms with Crippen molar-refractivity contribution in [2.24, 2.45) is 0 Å². The van der Waals surface area contributed by atoms with Crippen molar-refractivity contribution in [2.45, 2.75) is 19.4 Å². The van der Waals surface area contributed by atoms with E-state index in [9.17, 15) is 0 Å². The zero-order valence-electron chi connectivity index (χ0n) is 8.44. The van der Waals surface area contributed by atoms with Crippen LogP contribution in [0.5, 0.6) is 6.01 Å². The highest BCUT2D eigenvalue weighted by atomic mass is 16.3. The van der Waals surface area contributed by atoms with Crippen molar-refractivity contribution in [1.82, 2.24) is 15.3 Å². The van der Waals surface area contributed by atoms with Gasteiger partial charge in [0.15, 0.2) is 0 Å². The van der Waals surface area contributed by atoms with Gasteiger partial charge in [0.1, 0.15) is 0 Å². The highest BCUT2D eigenvalue weighted by Gasteiger charge is 1.93. The van der Waals surface area contributed by atoms with Crippen LogP contribution in [-0.4, -0.2) is 28.2 Å². The summed E-state index contributed by atoms with van der Waals surface area (Å²) in [6.07, 6.45) is 8.12. The van der Waals surface area contributed by atoms with Gasteiger partial charge in [-0.3, -0.25) is 0 Å². The Morgan fingerprint density at radius 2 is 2.14 bits per heavy atom. The Hall–Kier alpha value is -1.42. The third-order valence-corrected chi connectivity index (χ3v) is 1.95. The fourth-order valence-corrected chi connectivity index (χ4v) is 0.943. The number of nitrogens with one attached hydrogen (secondary N) is 1. The lowest BCUT2D eigenvalue weighted by molar-refractivity contribution is 0.430. The van der Waals surface area contributed by atoms with Crippen LogP contribution < -0.4 is 5.32 Å². The smallest absolute Gasteiger partial charge is 0.313 e. The second-order valence-electron chi connectivity index (χ2n) is 3.14. The zero-order valence-corrected chi connectivity index (χ0v) is 8.44. The molecule has 1 heterocycles. The first-order chi connectivity index (χ1) is 6.72. The molecule has 2 N–H and O–H groups in total. The second-order valence-corrected chi connectivity index (χ2v) is 3.14. The van der Waals surface area contributed by atoms with Crippen molar-refractivity contribution in [2.75, 3.05) is 7.05 Å². The number of rotatable bonds is 4. The van der Waals surface area contributed by atoms with Gasteiger partial charge in [-0.15, -0.1) is 0 Å². The molecule has 0 aromatic carbocycles. The van der Waals surface area contributed by atoms with Crippen LogP contribution >= 0.6 is 0 Å². The van der Waals surface area contributed by atoms with Gasteiger partial charge in [-0.05, 0) is 20.4 Å². The molecular formula is C10H15N3O. The molecule has 4 heteroatoms. The molecule has 0 saturated heterocycles. The van der Waals surface area contributed by atoms with E-state index < -0.39 is 0 Å². The highest BCUT2D eigenvalue weighted by Crippen LogP contribution is 2.03. The molecule has 14 heavy (non-hydrogen) atoms. The predicted octanol–water partition coefficient (Wildman–Crippen LogP) is 1.19. The summed E-state index contributed by atoms with van der Waals surface area (Å²) in [7, 11) is 1.93. The molecule has 0 aliphatic carbocycles. The number of hydrogen-bond acceptors (Lipinski definition) is 4. The van der Waals surface area contributed by atoms with E-state index in [2.05, 4.69) is 28.3 Å². The van der Waals surface area contributed by atoms with Gasteiger partial charge in [0.2, 0.25) is 0 Å². The number of hydrogen-bond donors (Lipinski definition) is 2. The molecule has 0 fully saturated rings. The van der Waals surface area contributed by atoms with Gasteiger partial charge >= 0.3 is 6.01 Å². The third-order valence-electron chi connectivity index (χ3n) is 1.95. The van der Waals surface area contributed by atoms with E-state index in [0.717, 1.165) is 12.0 Å². The van der Waals surface area contributed by atoms with Crippen LogP contribution in [0.25, 0.3) is 6.08 Å². The lowest BCUT2D eigenvalue weighted by atomic mass is 10.2. The Labute approximate surface area is 83.7 Å². The van der Waals surface area contributed by atoms with Gasteiger partial charge in [0.25, 0.3) is 0 Å². The van der Waals surface area contributed by atoms with Gasteiger partial charge in [0.05, 0.1) is 0 Å². The fraction of sp³-hybridized carbons (Fsp3) is 0.400. The molecule has 0 amide bonds. The van der Waals surface area contributed by atoms with E-state index in [-0.39, 0.29) is 6.01 Å². The summed E-state index contributed by atoms with van der Waals surface area (Å²) in [5.41, 5.74) is 0.895. The monoisotopic (exact) mass is 193 g/mol. The van der Waals surface area contributed by atoms with E-state index in [1.54, 1.807) is 12.4 Å². The average molecular weight is 193 g/mol. The van der Waals surface area contributed by atoms with Gasteiger partial charge in [-0.25, -0.2) is 9.97 Å². The van der Waals surface area contributed by atoms with E-state index in [1.165, 1.54) is 0 Å². The lowest BCUT2D eigenvalue weighted by Gasteiger charge is -2.04. The van der Waals surface area contributed by atoms with Crippen molar-refractivity contribution in [3.05, 3.63) is 24.0 Å². The summed E-state index contributed by atoms with van der Waals surface area (Å²) < 4.78 is 0. The fourth-order valence-electron chi connectivity index (χ4n) is 0.943. The third kappa shape index (κ3) is 3.53. The van der Waals surface area contributed by atoms with E-state index in [0.29, 0.717) is 6.04 Å².